The highest BCUT2D eigenvalue weighted by Gasteiger charge is 2.34. The van der Waals surface area contributed by atoms with Crippen molar-refractivity contribution in [2.75, 3.05) is 0 Å². The molecule has 390 valence electrons. The fourth-order valence-corrected chi connectivity index (χ4v) is 7.75. The van der Waals surface area contributed by atoms with Gasteiger partial charge in [0.05, 0.1) is 0 Å². The van der Waals surface area contributed by atoms with E-state index in [1.54, 1.807) is 202 Å². The molecule has 0 bridgehead atoms. The van der Waals surface area contributed by atoms with Crippen LogP contribution in [0.25, 0.3) is 22.3 Å². The van der Waals surface area contributed by atoms with E-state index in [4.69, 9.17) is 47.4 Å². The predicted octanol–water partition coefficient (Wildman–Crippen LogP) is 15.7. The van der Waals surface area contributed by atoms with E-state index in [1.165, 1.54) is 0 Å². The largest absolute Gasteiger partial charge is 0.514 e. The molecule has 0 amide bonds. The quantitative estimate of drug-likeness (QED) is 0.0424. The van der Waals surface area contributed by atoms with E-state index in [-0.39, 0.29) is 28.7 Å². The van der Waals surface area contributed by atoms with Crippen LogP contribution in [0.5, 0.6) is 28.7 Å². The normalized spacial score (nSPS) is 12.0. The van der Waals surface area contributed by atoms with Crippen molar-refractivity contribution in [3.05, 3.63) is 123 Å². The monoisotopic (exact) mass is 1120 g/mol. The Balaban J connectivity index is 1.85. The molecule has 0 radical (unpaired) electrons. The van der Waals surface area contributed by atoms with Crippen LogP contribution in [0, 0.1) is 10.5 Å². The Morgan fingerprint density at radius 3 is 1.00 bits per heavy atom. The second kappa shape index (κ2) is 22.5. The Morgan fingerprint density at radius 2 is 0.671 bits per heavy atom. The highest BCUT2D eigenvalue weighted by atomic mass is 127. The molecule has 0 saturated carbocycles. The summed E-state index contributed by atoms with van der Waals surface area (Å²) >= 11 is 2.16. The fraction of sp³-hybridized carbons (Fsp3) is 0.386. The molecule has 0 aromatic heterocycles. The average molecular weight is 1120 g/mol. The Hall–Kier alpha value is -6.82. The van der Waals surface area contributed by atoms with Crippen LogP contribution in [-0.4, -0.2) is 58.8 Å². The van der Waals surface area contributed by atoms with Crippen molar-refractivity contribution in [3.63, 3.8) is 0 Å². The van der Waals surface area contributed by atoms with Crippen molar-refractivity contribution in [3.8, 4) is 51.0 Å². The van der Waals surface area contributed by atoms with Gasteiger partial charge in [0.15, 0.2) is 0 Å². The van der Waals surface area contributed by atoms with Crippen molar-refractivity contribution >= 4 is 53.4 Å². The molecular formula is C57H65IO15. The summed E-state index contributed by atoms with van der Waals surface area (Å²) in [4.78, 5) is 66.3. The maximum Gasteiger partial charge on any atom is 0.514 e. The molecule has 5 aromatic rings. The van der Waals surface area contributed by atoms with E-state index in [2.05, 4.69) is 22.6 Å². The molecule has 73 heavy (non-hydrogen) atoms. The summed E-state index contributed by atoms with van der Waals surface area (Å²) < 4.78 is 57.7. The first-order chi connectivity index (χ1) is 33.6. The maximum absolute atomic E-state index is 13.7. The van der Waals surface area contributed by atoms with Crippen LogP contribution < -0.4 is 23.7 Å². The highest BCUT2D eigenvalue weighted by Crippen LogP contribution is 2.48. The molecule has 0 aliphatic heterocycles. The SMILES string of the molecule is Cc1cc(I)cc(C(c2cc(-c3ccc(OC(=O)OC(C)(C)C)cc3)ccc2OC(=O)OC(C)(C)C)c2cc(-c3ccc(OC(=O)OC(C)(C)C)cc3)ccc2OC(=O)OC(C)(C)C)c1OC(=O)OC(C)(C)C. The molecule has 15 nitrogen and oxygen atoms in total. The first-order valence-electron chi connectivity index (χ1n) is 23.4. The van der Waals surface area contributed by atoms with Crippen molar-refractivity contribution in [2.24, 2.45) is 0 Å². The molecule has 0 spiro atoms. The van der Waals surface area contributed by atoms with Gasteiger partial charge in [0.25, 0.3) is 0 Å². The van der Waals surface area contributed by atoms with E-state index < -0.39 is 64.7 Å². The Morgan fingerprint density at radius 1 is 0.370 bits per heavy atom. The second-order valence-corrected chi connectivity index (χ2v) is 23.2. The molecular weight excluding hydrogens is 1050 g/mol. The average Bonchev–Trinajstić information content (AvgIpc) is 3.20. The van der Waals surface area contributed by atoms with Crippen LogP contribution in [0.2, 0.25) is 0 Å². The van der Waals surface area contributed by atoms with Crippen LogP contribution in [0.15, 0.2) is 97.1 Å². The van der Waals surface area contributed by atoms with Crippen LogP contribution in [0.4, 0.5) is 24.0 Å². The van der Waals surface area contributed by atoms with E-state index in [9.17, 15) is 24.0 Å². The number of rotatable bonds is 10. The van der Waals surface area contributed by atoms with Gasteiger partial charge in [-0.25, -0.2) is 24.0 Å². The maximum atomic E-state index is 13.7. The summed E-state index contributed by atoms with van der Waals surface area (Å²) in [7, 11) is 0. The molecule has 0 unspecified atom stereocenters. The van der Waals surface area contributed by atoms with Gasteiger partial charge in [0.1, 0.15) is 56.8 Å². The van der Waals surface area contributed by atoms with Crippen molar-refractivity contribution in [1.29, 1.82) is 0 Å². The Bertz CT molecular complexity index is 2660. The molecule has 0 fully saturated rings. The number of carbonyl (C=O) groups excluding carboxylic acids is 5. The molecule has 16 heteroatoms. The third-order valence-corrected chi connectivity index (χ3v) is 10.1. The van der Waals surface area contributed by atoms with Gasteiger partial charge in [0, 0.05) is 26.2 Å². The van der Waals surface area contributed by atoms with Crippen LogP contribution >= 0.6 is 22.6 Å². The number of benzene rings is 5. The molecule has 0 saturated heterocycles. The van der Waals surface area contributed by atoms with Crippen molar-refractivity contribution in [2.45, 2.75) is 145 Å². The van der Waals surface area contributed by atoms with Gasteiger partial charge >= 0.3 is 30.8 Å². The molecule has 0 aliphatic rings. The van der Waals surface area contributed by atoms with Crippen LogP contribution in [0.1, 0.15) is 132 Å². The van der Waals surface area contributed by atoms with E-state index in [0.717, 1.165) is 3.57 Å². The summed E-state index contributed by atoms with van der Waals surface area (Å²) in [6.07, 6.45) is -4.76. The van der Waals surface area contributed by atoms with Crippen LogP contribution in [-0.2, 0) is 23.7 Å². The van der Waals surface area contributed by atoms with Crippen molar-refractivity contribution in [1.82, 2.24) is 0 Å². The zero-order valence-corrected chi connectivity index (χ0v) is 46.5. The lowest BCUT2D eigenvalue weighted by Gasteiger charge is -2.28. The predicted molar refractivity (Wildman–Crippen MR) is 283 cm³/mol. The minimum atomic E-state index is -1.12. The van der Waals surface area contributed by atoms with Crippen LogP contribution in [0.3, 0.4) is 0 Å². The van der Waals surface area contributed by atoms with Gasteiger partial charge in [-0.3, -0.25) is 0 Å². The number of hydrogen-bond donors (Lipinski definition) is 0. The third-order valence-electron chi connectivity index (χ3n) is 9.52. The van der Waals surface area contributed by atoms with Gasteiger partial charge in [-0.1, -0.05) is 36.4 Å². The summed E-state index contributed by atoms with van der Waals surface area (Å²) in [5, 5.41) is 0. The zero-order chi connectivity index (χ0) is 54.4. The lowest BCUT2D eigenvalue weighted by molar-refractivity contribution is 0.0189. The minimum Gasteiger partial charge on any atom is -0.428 e. The number of carbonyl (C=O) groups is 5. The van der Waals surface area contributed by atoms with Gasteiger partial charge in [-0.05, 0) is 222 Å². The zero-order valence-electron chi connectivity index (χ0n) is 44.3. The fourth-order valence-electron chi connectivity index (χ4n) is 6.95. The molecule has 0 atom stereocenters. The first-order valence-corrected chi connectivity index (χ1v) is 24.5. The molecule has 5 rings (SSSR count). The number of aryl methyl sites for hydroxylation is 1. The van der Waals surface area contributed by atoms with Gasteiger partial charge in [-0.15, -0.1) is 0 Å². The van der Waals surface area contributed by atoms with Crippen molar-refractivity contribution < 1.29 is 71.3 Å². The minimum absolute atomic E-state index is 0.0323. The Labute approximate surface area is 441 Å². The standard InChI is InChI=1S/C57H65IO15/c1-33-29-38(58)32-43(47(33)68-52(63)73-57(14,15)16)46(41-30-36(21-27-44(41)66-50(61)71-55(8,9)10)34-17-23-39(24-18-34)64-48(59)69-53(2,3)4)42-31-37(22-28-45(42)67-51(62)72-56(11,12)13)35-19-25-40(26-20-35)65-49(60)70-54(5,6)7/h17-32,46H,1-16H3. The van der Waals surface area contributed by atoms with E-state index >= 15 is 0 Å². The first kappa shape index (κ1) is 57.1. The molecule has 0 aliphatic carbocycles. The summed E-state index contributed by atoms with van der Waals surface area (Å²) in [6, 6.07) is 27.3. The smallest absolute Gasteiger partial charge is 0.428 e. The molecule has 0 N–H and O–H groups in total. The second-order valence-electron chi connectivity index (χ2n) is 22.0. The van der Waals surface area contributed by atoms with Gasteiger partial charge < -0.3 is 47.4 Å². The number of ether oxygens (including phenoxy) is 10. The summed E-state index contributed by atoms with van der Waals surface area (Å²) in [6.45, 7) is 27.5. The van der Waals surface area contributed by atoms with Gasteiger partial charge in [0.2, 0.25) is 0 Å². The topological polar surface area (TPSA) is 178 Å². The lowest BCUT2D eigenvalue weighted by Crippen LogP contribution is -2.27. The van der Waals surface area contributed by atoms with E-state index in [1.807, 2.05) is 6.07 Å². The lowest BCUT2D eigenvalue weighted by atomic mass is 9.81. The van der Waals surface area contributed by atoms with E-state index in [0.29, 0.717) is 44.5 Å². The number of halogens is 1. The summed E-state index contributed by atoms with van der Waals surface area (Å²) in [5.41, 5.74) is -0.332. The molecule has 0 heterocycles. The third kappa shape index (κ3) is 18.0. The highest BCUT2D eigenvalue weighted by molar-refractivity contribution is 14.1. The molecule has 5 aromatic carbocycles. The van der Waals surface area contributed by atoms with Gasteiger partial charge in [-0.2, -0.15) is 0 Å². The summed E-state index contributed by atoms with van der Waals surface area (Å²) in [5.74, 6) is -0.497. The Kier molecular flexibility index (Phi) is 17.6. The number of hydrogen-bond acceptors (Lipinski definition) is 15.